The van der Waals surface area contributed by atoms with E-state index in [4.69, 9.17) is 5.73 Å². The molecular formula is C16H14FNO. The zero-order valence-electron chi connectivity index (χ0n) is 10.6. The summed E-state index contributed by atoms with van der Waals surface area (Å²) in [4.78, 5) is 11.9. The van der Waals surface area contributed by atoms with E-state index in [1.807, 2.05) is 6.92 Å². The quantitative estimate of drug-likeness (QED) is 0.517. The molecule has 2 aromatic carbocycles. The van der Waals surface area contributed by atoms with E-state index in [1.165, 1.54) is 12.1 Å². The van der Waals surface area contributed by atoms with E-state index in [1.54, 1.807) is 42.5 Å². The second-order valence-corrected chi connectivity index (χ2v) is 4.35. The number of carbonyl (C=O) groups is 1. The second kappa shape index (κ2) is 5.48. The average Bonchev–Trinajstić information content (AvgIpc) is 2.40. The molecule has 0 bridgehead atoms. The van der Waals surface area contributed by atoms with Crippen molar-refractivity contribution in [2.45, 2.75) is 6.92 Å². The van der Waals surface area contributed by atoms with E-state index in [0.717, 1.165) is 11.1 Å². The summed E-state index contributed by atoms with van der Waals surface area (Å²) in [7, 11) is 0. The Balaban J connectivity index is 2.21. The number of allylic oxidation sites excluding steroid dienone is 1. The van der Waals surface area contributed by atoms with Crippen LogP contribution in [0.5, 0.6) is 0 Å². The van der Waals surface area contributed by atoms with E-state index in [0.29, 0.717) is 5.69 Å². The topological polar surface area (TPSA) is 43.1 Å². The highest BCUT2D eigenvalue weighted by Gasteiger charge is 2.08. The number of hydrogen-bond donors (Lipinski definition) is 1. The number of nitrogen functional groups attached to an aromatic ring is 1. The number of nitrogens with two attached hydrogens (primary N) is 1. The number of halogens is 1. The molecule has 0 aliphatic heterocycles. The van der Waals surface area contributed by atoms with E-state index in [-0.39, 0.29) is 11.3 Å². The minimum atomic E-state index is -0.502. The molecule has 0 spiro atoms. The van der Waals surface area contributed by atoms with Gasteiger partial charge in [-0.15, -0.1) is 0 Å². The maximum absolute atomic E-state index is 13.5. The lowest BCUT2D eigenvalue weighted by molar-refractivity contribution is 0.104. The molecule has 19 heavy (non-hydrogen) atoms. The normalized spacial score (nSPS) is 10.8. The molecule has 96 valence electrons. The van der Waals surface area contributed by atoms with Gasteiger partial charge in [-0.1, -0.05) is 29.8 Å². The molecule has 0 aliphatic rings. The van der Waals surface area contributed by atoms with Gasteiger partial charge in [0.15, 0.2) is 5.78 Å². The van der Waals surface area contributed by atoms with Crippen LogP contribution in [0.25, 0.3) is 6.08 Å². The zero-order valence-corrected chi connectivity index (χ0v) is 10.6. The van der Waals surface area contributed by atoms with Gasteiger partial charge in [-0.05, 0) is 42.8 Å². The number of anilines is 1. The molecular weight excluding hydrogens is 241 g/mol. The Kier molecular flexibility index (Phi) is 3.76. The summed E-state index contributed by atoms with van der Waals surface area (Å²) in [5, 5.41) is 0. The lowest BCUT2D eigenvalue weighted by Crippen LogP contribution is -1.99. The summed E-state index contributed by atoms with van der Waals surface area (Å²) >= 11 is 0. The molecule has 0 radical (unpaired) electrons. The third kappa shape index (κ3) is 3.28. The Hall–Kier alpha value is -2.42. The predicted molar refractivity (Wildman–Crippen MR) is 75.4 cm³/mol. The van der Waals surface area contributed by atoms with Gasteiger partial charge >= 0.3 is 0 Å². The van der Waals surface area contributed by atoms with E-state index >= 15 is 0 Å². The lowest BCUT2D eigenvalue weighted by Gasteiger charge is -2.00. The Labute approximate surface area is 111 Å². The smallest absolute Gasteiger partial charge is 0.188 e. The van der Waals surface area contributed by atoms with Crippen molar-refractivity contribution in [3.8, 4) is 0 Å². The first kappa shape index (κ1) is 13.0. The molecule has 0 heterocycles. The van der Waals surface area contributed by atoms with Gasteiger partial charge in [0.2, 0.25) is 0 Å². The third-order valence-electron chi connectivity index (χ3n) is 2.75. The maximum atomic E-state index is 13.5. The first-order chi connectivity index (χ1) is 9.06. The summed E-state index contributed by atoms with van der Waals surface area (Å²) in [6.45, 7) is 1.82. The Morgan fingerprint density at radius 3 is 2.53 bits per heavy atom. The molecule has 0 fully saturated rings. The minimum Gasteiger partial charge on any atom is -0.399 e. The molecule has 0 amide bonds. The average molecular weight is 255 g/mol. The number of benzene rings is 2. The Morgan fingerprint density at radius 1 is 1.16 bits per heavy atom. The van der Waals surface area contributed by atoms with Crippen molar-refractivity contribution in [1.29, 1.82) is 0 Å². The molecule has 2 aromatic rings. The lowest BCUT2D eigenvalue weighted by atomic mass is 10.1. The van der Waals surface area contributed by atoms with Crippen molar-refractivity contribution in [1.82, 2.24) is 0 Å². The first-order valence-electron chi connectivity index (χ1n) is 5.90. The SMILES string of the molecule is Cc1ccc(F)c(C(=O)/C=C/c2ccc(N)cc2)c1. The first-order valence-corrected chi connectivity index (χ1v) is 5.90. The number of hydrogen-bond acceptors (Lipinski definition) is 2. The fourth-order valence-corrected chi connectivity index (χ4v) is 1.70. The van der Waals surface area contributed by atoms with Crippen LogP contribution >= 0.6 is 0 Å². The van der Waals surface area contributed by atoms with Crippen LogP contribution in [-0.2, 0) is 0 Å². The predicted octanol–water partition coefficient (Wildman–Crippen LogP) is 3.61. The summed E-state index contributed by atoms with van der Waals surface area (Å²) in [6.07, 6.45) is 3.01. The third-order valence-corrected chi connectivity index (χ3v) is 2.75. The van der Waals surface area contributed by atoms with Crippen molar-refractivity contribution in [2.24, 2.45) is 0 Å². The van der Waals surface area contributed by atoms with Crippen LogP contribution in [0.15, 0.2) is 48.5 Å². The van der Waals surface area contributed by atoms with Gasteiger partial charge in [0, 0.05) is 5.69 Å². The van der Waals surface area contributed by atoms with Gasteiger partial charge < -0.3 is 5.73 Å². The fraction of sp³-hybridized carbons (Fsp3) is 0.0625. The van der Waals surface area contributed by atoms with Crippen LogP contribution in [0.4, 0.5) is 10.1 Å². The van der Waals surface area contributed by atoms with Crippen molar-refractivity contribution in [3.05, 3.63) is 71.0 Å². The fourth-order valence-electron chi connectivity index (χ4n) is 1.70. The molecule has 0 aromatic heterocycles. The minimum absolute atomic E-state index is 0.0895. The molecule has 0 aliphatic carbocycles. The van der Waals surface area contributed by atoms with Gasteiger partial charge in [0.05, 0.1) is 5.56 Å². The molecule has 0 saturated heterocycles. The summed E-state index contributed by atoms with van der Waals surface area (Å²) in [5.41, 5.74) is 8.02. The van der Waals surface area contributed by atoms with Crippen LogP contribution in [0, 0.1) is 12.7 Å². The maximum Gasteiger partial charge on any atom is 0.188 e. The Morgan fingerprint density at radius 2 is 1.84 bits per heavy atom. The highest BCUT2D eigenvalue weighted by atomic mass is 19.1. The summed E-state index contributed by atoms with van der Waals surface area (Å²) < 4.78 is 13.5. The van der Waals surface area contributed by atoms with Gasteiger partial charge in [-0.25, -0.2) is 4.39 Å². The molecule has 0 atom stereocenters. The van der Waals surface area contributed by atoms with Crippen LogP contribution in [-0.4, -0.2) is 5.78 Å². The van der Waals surface area contributed by atoms with E-state index < -0.39 is 5.82 Å². The van der Waals surface area contributed by atoms with Gasteiger partial charge in [-0.3, -0.25) is 4.79 Å². The van der Waals surface area contributed by atoms with Crippen LogP contribution < -0.4 is 5.73 Å². The molecule has 2 N–H and O–H groups in total. The van der Waals surface area contributed by atoms with Crippen LogP contribution in [0.2, 0.25) is 0 Å². The van der Waals surface area contributed by atoms with Crippen molar-refractivity contribution >= 4 is 17.5 Å². The molecule has 2 nitrogen and oxygen atoms in total. The van der Waals surface area contributed by atoms with Crippen molar-refractivity contribution < 1.29 is 9.18 Å². The van der Waals surface area contributed by atoms with Crippen LogP contribution in [0.1, 0.15) is 21.5 Å². The highest BCUT2D eigenvalue weighted by molar-refractivity contribution is 6.07. The van der Waals surface area contributed by atoms with E-state index in [2.05, 4.69) is 0 Å². The zero-order chi connectivity index (χ0) is 13.8. The standard InChI is InChI=1S/C16H14FNO/c1-11-2-8-15(17)14(10-11)16(19)9-5-12-3-6-13(18)7-4-12/h2-10H,18H2,1H3/b9-5+. The van der Waals surface area contributed by atoms with Gasteiger partial charge in [-0.2, -0.15) is 0 Å². The molecule has 2 rings (SSSR count). The molecule has 0 unspecified atom stereocenters. The van der Waals surface area contributed by atoms with Gasteiger partial charge in [0.1, 0.15) is 5.82 Å². The summed E-state index contributed by atoms with van der Waals surface area (Å²) in [5.74, 6) is -0.851. The number of ketones is 1. The van der Waals surface area contributed by atoms with E-state index in [9.17, 15) is 9.18 Å². The number of aryl methyl sites for hydroxylation is 1. The van der Waals surface area contributed by atoms with Crippen molar-refractivity contribution in [2.75, 3.05) is 5.73 Å². The van der Waals surface area contributed by atoms with Crippen LogP contribution in [0.3, 0.4) is 0 Å². The monoisotopic (exact) mass is 255 g/mol. The summed E-state index contributed by atoms with van der Waals surface area (Å²) in [6, 6.07) is 11.6. The molecule has 0 saturated carbocycles. The largest absolute Gasteiger partial charge is 0.399 e. The van der Waals surface area contributed by atoms with Gasteiger partial charge in [0.25, 0.3) is 0 Å². The Bertz CT molecular complexity index is 630. The number of rotatable bonds is 3. The molecule has 3 heteroatoms. The number of carbonyl (C=O) groups excluding carboxylic acids is 1. The van der Waals surface area contributed by atoms with Crippen molar-refractivity contribution in [3.63, 3.8) is 0 Å². The second-order valence-electron chi connectivity index (χ2n) is 4.35. The highest BCUT2D eigenvalue weighted by Crippen LogP contribution is 2.13.